The molecule has 0 N–H and O–H groups in total. The zero-order chi connectivity index (χ0) is 20.2. The second-order valence-corrected chi connectivity index (χ2v) is 9.87. The molecule has 2 fully saturated rings. The van der Waals surface area contributed by atoms with Gasteiger partial charge in [-0.05, 0) is 62.1 Å². The van der Waals surface area contributed by atoms with Crippen molar-refractivity contribution >= 4 is 21.5 Å². The molecule has 29 heavy (non-hydrogen) atoms. The lowest BCUT2D eigenvalue weighted by Crippen LogP contribution is -2.49. The molecule has 1 aromatic carbocycles. The van der Waals surface area contributed by atoms with Crippen LogP contribution in [0.5, 0.6) is 0 Å². The van der Waals surface area contributed by atoms with Crippen LogP contribution in [0.15, 0.2) is 35.2 Å². The maximum absolute atomic E-state index is 13.0. The van der Waals surface area contributed by atoms with Gasteiger partial charge in [-0.3, -0.25) is 0 Å². The van der Waals surface area contributed by atoms with Crippen molar-refractivity contribution in [3.05, 3.63) is 47.3 Å². The van der Waals surface area contributed by atoms with Gasteiger partial charge in [0, 0.05) is 32.1 Å². The molecule has 9 heteroatoms. The summed E-state index contributed by atoms with van der Waals surface area (Å²) in [6, 6.07) is 9.20. The van der Waals surface area contributed by atoms with E-state index in [1.54, 1.807) is 16.4 Å². The molecule has 8 nitrogen and oxygen atoms in total. The van der Waals surface area contributed by atoms with E-state index in [2.05, 4.69) is 15.1 Å². The summed E-state index contributed by atoms with van der Waals surface area (Å²) >= 11 is 0. The third-order valence-corrected chi connectivity index (χ3v) is 7.79. The van der Waals surface area contributed by atoms with Crippen molar-refractivity contribution in [1.82, 2.24) is 24.1 Å². The normalized spacial score (nSPS) is 18.5. The van der Waals surface area contributed by atoms with E-state index < -0.39 is 10.0 Å². The van der Waals surface area contributed by atoms with Crippen molar-refractivity contribution < 1.29 is 8.42 Å². The minimum absolute atomic E-state index is 0.368. The molecule has 1 saturated heterocycles. The van der Waals surface area contributed by atoms with Gasteiger partial charge in [-0.1, -0.05) is 6.07 Å². The Balaban J connectivity index is 1.34. The van der Waals surface area contributed by atoms with Crippen LogP contribution < -0.4 is 4.90 Å². The standard InChI is InChI=1S/C20H24N6O2S/c1-14-3-6-17(13-15(14)2)29(27,28)25-11-9-24(10-12-25)19-8-7-18-21-22-20(16-4-5-16)26(18)23-19/h3,6-8,13,16H,4-5,9-12H2,1-2H3. The monoisotopic (exact) mass is 412 g/mol. The quantitative estimate of drug-likeness (QED) is 0.653. The van der Waals surface area contributed by atoms with Gasteiger partial charge in [-0.15, -0.1) is 15.3 Å². The van der Waals surface area contributed by atoms with Crippen LogP contribution in [0, 0.1) is 13.8 Å². The Kier molecular flexibility index (Phi) is 4.32. The molecule has 0 amide bonds. The number of fused-ring (bicyclic) bond motifs is 1. The Morgan fingerprint density at radius 3 is 2.38 bits per heavy atom. The Hall–Kier alpha value is -2.52. The number of aryl methyl sites for hydroxylation is 2. The lowest BCUT2D eigenvalue weighted by molar-refractivity contribution is 0.383. The second kappa shape index (κ2) is 6.77. The van der Waals surface area contributed by atoms with Crippen LogP contribution in [-0.2, 0) is 10.0 Å². The van der Waals surface area contributed by atoms with E-state index in [0.717, 1.165) is 41.3 Å². The lowest BCUT2D eigenvalue weighted by atomic mass is 10.1. The molecule has 1 saturated carbocycles. The maximum atomic E-state index is 13.0. The van der Waals surface area contributed by atoms with Crippen molar-refractivity contribution in [3.8, 4) is 0 Å². The summed E-state index contributed by atoms with van der Waals surface area (Å²) in [6.07, 6.45) is 2.28. The van der Waals surface area contributed by atoms with Crippen molar-refractivity contribution in [2.24, 2.45) is 0 Å². The molecule has 0 radical (unpaired) electrons. The maximum Gasteiger partial charge on any atom is 0.243 e. The smallest absolute Gasteiger partial charge is 0.243 e. The van der Waals surface area contributed by atoms with Crippen molar-refractivity contribution in [1.29, 1.82) is 0 Å². The van der Waals surface area contributed by atoms with Crippen LogP contribution in [0.3, 0.4) is 0 Å². The second-order valence-electron chi connectivity index (χ2n) is 7.93. The molecule has 0 spiro atoms. The summed E-state index contributed by atoms with van der Waals surface area (Å²) in [5, 5.41) is 13.2. The number of aromatic nitrogens is 4. The van der Waals surface area contributed by atoms with Gasteiger partial charge >= 0.3 is 0 Å². The fourth-order valence-electron chi connectivity index (χ4n) is 3.74. The van der Waals surface area contributed by atoms with E-state index in [-0.39, 0.29) is 0 Å². The number of piperazine rings is 1. The summed E-state index contributed by atoms with van der Waals surface area (Å²) in [7, 11) is -3.48. The number of rotatable bonds is 4. The summed E-state index contributed by atoms with van der Waals surface area (Å²) in [5.41, 5.74) is 2.84. The molecule has 2 aliphatic rings. The average molecular weight is 413 g/mol. The summed E-state index contributed by atoms with van der Waals surface area (Å²) in [5.74, 6) is 2.23. The van der Waals surface area contributed by atoms with E-state index in [0.29, 0.717) is 37.0 Å². The fraction of sp³-hybridized carbons (Fsp3) is 0.450. The largest absolute Gasteiger partial charge is 0.353 e. The van der Waals surface area contributed by atoms with Gasteiger partial charge in [-0.25, -0.2) is 8.42 Å². The van der Waals surface area contributed by atoms with E-state index in [1.165, 1.54) is 0 Å². The third kappa shape index (κ3) is 3.28. The molecule has 0 unspecified atom stereocenters. The summed E-state index contributed by atoms with van der Waals surface area (Å²) < 4.78 is 29.5. The van der Waals surface area contributed by atoms with Crippen LogP contribution in [0.2, 0.25) is 0 Å². The van der Waals surface area contributed by atoms with Crippen LogP contribution in [-0.4, -0.2) is 58.7 Å². The molecule has 3 aromatic rings. The first-order valence-corrected chi connectivity index (χ1v) is 11.4. The number of hydrogen-bond acceptors (Lipinski definition) is 6. The predicted octanol–water partition coefficient (Wildman–Crippen LogP) is 2.13. The minimum atomic E-state index is -3.48. The highest BCUT2D eigenvalue weighted by Crippen LogP contribution is 2.38. The van der Waals surface area contributed by atoms with Crippen molar-refractivity contribution in [2.45, 2.75) is 37.5 Å². The Labute approximate surface area is 170 Å². The lowest BCUT2D eigenvalue weighted by Gasteiger charge is -2.34. The number of hydrogen-bond donors (Lipinski definition) is 0. The summed E-state index contributed by atoms with van der Waals surface area (Å²) in [4.78, 5) is 2.50. The van der Waals surface area contributed by atoms with Gasteiger partial charge in [-0.2, -0.15) is 8.82 Å². The first kappa shape index (κ1) is 18.5. The molecule has 5 rings (SSSR count). The zero-order valence-electron chi connectivity index (χ0n) is 16.6. The van der Waals surface area contributed by atoms with Gasteiger partial charge in [0.2, 0.25) is 10.0 Å². The Morgan fingerprint density at radius 2 is 1.69 bits per heavy atom. The Bertz CT molecular complexity index is 1180. The molecule has 0 bridgehead atoms. The molecule has 0 atom stereocenters. The summed E-state index contributed by atoms with van der Waals surface area (Å²) in [6.45, 7) is 6.00. The average Bonchev–Trinajstić information content (AvgIpc) is 3.48. The van der Waals surface area contributed by atoms with Crippen LogP contribution in [0.1, 0.15) is 35.7 Å². The SMILES string of the molecule is Cc1ccc(S(=O)(=O)N2CCN(c3ccc4nnc(C5CC5)n4n3)CC2)cc1C. The number of anilines is 1. The van der Waals surface area contributed by atoms with E-state index in [9.17, 15) is 8.42 Å². The highest BCUT2D eigenvalue weighted by molar-refractivity contribution is 7.89. The molecule has 1 aliphatic heterocycles. The fourth-order valence-corrected chi connectivity index (χ4v) is 5.25. The predicted molar refractivity (Wildman–Crippen MR) is 110 cm³/mol. The number of nitrogens with zero attached hydrogens (tertiary/aromatic N) is 6. The van der Waals surface area contributed by atoms with Crippen LogP contribution in [0.4, 0.5) is 5.82 Å². The Morgan fingerprint density at radius 1 is 0.931 bits per heavy atom. The van der Waals surface area contributed by atoms with Gasteiger partial charge in [0.1, 0.15) is 5.82 Å². The van der Waals surface area contributed by atoms with Crippen LogP contribution >= 0.6 is 0 Å². The number of sulfonamides is 1. The van der Waals surface area contributed by atoms with Crippen molar-refractivity contribution in [3.63, 3.8) is 0 Å². The van der Waals surface area contributed by atoms with Gasteiger partial charge in [0.15, 0.2) is 11.5 Å². The molecule has 152 valence electrons. The van der Waals surface area contributed by atoms with Crippen molar-refractivity contribution in [2.75, 3.05) is 31.1 Å². The first-order chi connectivity index (χ1) is 13.9. The van der Waals surface area contributed by atoms with E-state index >= 15 is 0 Å². The number of benzene rings is 1. The highest BCUT2D eigenvalue weighted by Gasteiger charge is 2.31. The minimum Gasteiger partial charge on any atom is -0.353 e. The van der Waals surface area contributed by atoms with E-state index in [4.69, 9.17) is 5.10 Å². The zero-order valence-corrected chi connectivity index (χ0v) is 17.4. The van der Waals surface area contributed by atoms with Gasteiger partial charge in [0.25, 0.3) is 0 Å². The molecular formula is C20H24N6O2S. The molecule has 1 aliphatic carbocycles. The van der Waals surface area contributed by atoms with Crippen LogP contribution in [0.25, 0.3) is 5.65 Å². The first-order valence-electron chi connectivity index (χ1n) is 9.98. The third-order valence-electron chi connectivity index (χ3n) is 5.89. The molecular weight excluding hydrogens is 388 g/mol. The van der Waals surface area contributed by atoms with Gasteiger partial charge < -0.3 is 4.90 Å². The highest BCUT2D eigenvalue weighted by atomic mass is 32.2. The topological polar surface area (TPSA) is 83.7 Å². The molecule has 3 heterocycles. The van der Waals surface area contributed by atoms with Gasteiger partial charge in [0.05, 0.1) is 4.90 Å². The van der Waals surface area contributed by atoms with E-state index in [1.807, 2.05) is 36.6 Å². The molecule has 2 aromatic heterocycles.